The molecule has 0 spiro atoms. The Balaban J connectivity index is 0.000000123. The highest BCUT2D eigenvalue weighted by atomic mass is 35.5. The van der Waals surface area contributed by atoms with Gasteiger partial charge in [-0.15, -0.1) is 0 Å². The maximum Gasteiger partial charge on any atom is 0.416 e. The van der Waals surface area contributed by atoms with Gasteiger partial charge in [-0.1, -0.05) is 125 Å². The molecular formula is C55H33Cl4F3N8O. The highest BCUT2D eigenvalue weighted by molar-refractivity contribution is 6.33. The smallest absolute Gasteiger partial charge is 0.416 e. The first-order valence-electron chi connectivity index (χ1n) is 21.6. The van der Waals surface area contributed by atoms with Gasteiger partial charge >= 0.3 is 6.18 Å². The van der Waals surface area contributed by atoms with Crippen molar-refractivity contribution in [2.24, 2.45) is 0 Å². The molecule has 12 aromatic rings. The Labute approximate surface area is 422 Å². The van der Waals surface area contributed by atoms with Crippen molar-refractivity contribution in [1.82, 2.24) is 29.9 Å². The molecule has 0 bridgehead atoms. The molecule has 71 heavy (non-hydrogen) atoms. The van der Waals surface area contributed by atoms with E-state index in [-0.39, 0.29) is 11.0 Å². The molecule has 3 heterocycles. The van der Waals surface area contributed by atoms with Gasteiger partial charge in [-0.3, -0.25) is 0 Å². The topological polar surface area (TPSA) is 111 Å². The van der Waals surface area contributed by atoms with Crippen molar-refractivity contribution in [2.75, 3.05) is 10.6 Å². The first-order valence-corrected chi connectivity index (χ1v) is 23.2. The summed E-state index contributed by atoms with van der Waals surface area (Å²) >= 11 is 24.3. The number of hydrogen-bond acceptors (Lipinski definition) is 9. The van der Waals surface area contributed by atoms with Gasteiger partial charge in [-0.2, -0.15) is 13.2 Å². The Morgan fingerprint density at radius 2 is 0.831 bits per heavy atom. The van der Waals surface area contributed by atoms with E-state index in [4.69, 9.17) is 51.1 Å². The molecule has 0 atom stereocenters. The van der Waals surface area contributed by atoms with Crippen molar-refractivity contribution >= 4 is 135 Å². The van der Waals surface area contributed by atoms with E-state index in [1.807, 2.05) is 115 Å². The number of hydrogen-bond donors (Lipinski definition) is 2. The van der Waals surface area contributed by atoms with Crippen LogP contribution in [0.25, 0.3) is 65.4 Å². The van der Waals surface area contributed by atoms with Crippen molar-refractivity contribution < 1.29 is 17.9 Å². The molecule has 0 unspecified atom stereocenters. The predicted octanol–water partition coefficient (Wildman–Crippen LogP) is 17.3. The van der Waals surface area contributed by atoms with Gasteiger partial charge in [0.2, 0.25) is 5.88 Å². The van der Waals surface area contributed by atoms with E-state index in [0.29, 0.717) is 49.4 Å². The van der Waals surface area contributed by atoms with Gasteiger partial charge in [-0.25, -0.2) is 29.9 Å². The largest absolute Gasteiger partial charge is 0.437 e. The van der Waals surface area contributed by atoms with Crippen LogP contribution in [0.5, 0.6) is 11.6 Å². The van der Waals surface area contributed by atoms with Crippen LogP contribution < -0.4 is 15.4 Å². The molecule has 0 fully saturated rings. The van der Waals surface area contributed by atoms with Crippen LogP contribution >= 0.6 is 46.4 Å². The molecule has 0 amide bonds. The molecule has 0 aliphatic carbocycles. The lowest BCUT2D eigenvalue weighted by atomic mass is 10.1. The normalized spacial score (nSPS) is 11.3. The third-order valence-electron chi connectivity index (χ3n) is 11.0. The average molecular weight is 1020 g/mol. The van der Waals surface area contributed by atoms with Crippen LogP contribution in [0.1, 0.15) is 5.56 Å². The third-order valence-corrected chi connectivity index (χ3v) is 12.0. The summed E-state index contributed by atoms with van der Waals surface area (Å²) in [4.78, 5) is 26.8. The zero-order valence-corrected chi connectivity index (χ0v) is 39.7. The van der Waals surface area contributed by atoms with E-state index in [1.165, 1.54) is 12.1 Å². The zero-order valence-electron chi connectivity index (χ0n) is 36.6. The van der Waals surface area contributed by atoms with E-state index in [1.54, 1.807) is 30.5 Å². The van der Waals surface area contributed by atoms with Crippen molar-refractivity contribution in [3.05, 3.63) is 214 Å². The Bertz CT molecular complexity index is 3920. The van der Waals surface area contributed by atoms with E-state index < -0.39 is 11.7 Å². The standard InChI is InChI=1S/C19H11ClF3N3.C18H11Cl2N3.C18H11ClN2O/c20-17-18(24-14-7-5-13(6-8-14)19(21,22)23)26-16-10-12-4-2-1-3-11(12)9-15(16)25-17;19-13-6-3-7-14(10-13)21-18-17(20)22-15-8-11-4-1-2-5-12(11)9-16(15)23-18;19-14-5-7-15(8-6-14)22-18-11-20-16-9-12-3-1-2-4-13(12)10-17(16)21-18/h1-10H,(H,24,26);1-10H,(H,21,23);1-11H. The summed E-state index contributed by atoms with van der Waals surface area (Å²) in [5.41, 5.74) is 5.04. The van der Waals surface area contributed by atoms with E-state index >= 15 is 0 Å². The lowest BCUT2D eigenvalue weighted by Gasteiger charge is -2.11. The second kappa shape index (κ2) is 20.2. The highest BCUT2D eigenvalue weighted by Crippen LogP contribution is 2.33. The maximum absolute atomic E-state index is 12.6. The Hall–Kier alpha value is -7.87. The fourth-order valence-electron chi connectivity index (χ4n) is 7.54. The summed E-state index contributed by atoms with van der Waals surface area (Å²) in [6.45, 7) is 0. The number of rotatable bonds is 6. The summed E-state index contributed by atoms with van der Waals surface area (Å²) in [6.07, 6.45) is -2.74. The van der Waals surface area contributed by atoms with Gasteiger partial charge in [0.05, 0.1) is 44.9 Å². The Morgan fingerprint density at radius 1 is 0.394 bits per heavy atom. The predicted molar refractivity (Wildman–Crippen MR) is 282 cm³/mol. The number of ether oxygens (including phenoxy) is 1. The van der Waals surface area contributed by atoms with Crippen LogP contribution in [0.4, 0.5) is 36.2 Å². The van der Waals surface area contributed by atoms with Gasteiger partial charge in [0.25, 0.3) is 0 Å². The molecule has 2 N–H and O–H groups in total. The first-order chi connectivity index (χ1) is 34.4. The minimum atomic E-state index is -4.38. The number of nitrogens with zero attached hydrogens (tertiary/aromatic N) is 6. The summed E-state index contributed by atoms with van der Waals surface area (Å²) in [5, 5.41) is 14.4. The average Bonchev–Trinajstić information content (AvgIpc) is 3.36. The monoisotopic (exact) mass is 1020 g/mol. The summed E-state index contributed by atoms with van der Waals surface area (Å²) < 4.78 is 43.7. The zero-order chi connectivity index (χ0) is 49.1. The van der Waals surface area contributed by atoms with Gasteiger partial charge in [0.15, 0.2) is 21.9 Å². The van der Waals surface area contributed by atoms with Crippen LogP contribution in [0.2, 0.25) is 20.4 Å². The Morgan fingerprint density at radius 3 is 1.30 bits per heavy atom. The van der Waals surface area contributed by atoms with Crippen molar-refractivity contribution in [3.8, 4) is 11.6 Å². The second-order valence-corrected chi connectivity index (χ2v) is 17.5. The van der Waals surface area contributed by atoms with Crippen LogP contribution in [-0.4, -0.2) is 29.9 Å². The van der Waals surface area contributed by atoms with Gasteiger partial charge in [-0.05, 0) is 135 Å². The van der Waals surface area contributed by atoms with Gasteiger partial charge in [0, 0.05) is 21.4 Å². The molecular weight excluding hydrogens is 987 g/mol. The molecule has 12 rings (SSSR count). The van der Waals surface area contributed by atoms with Gasteiger partial charge in [0.1, 0.15) is 5.75 Å². The molecule has 3 aromatic heterocycles. The number of benzene rings is 9. The highest BCUT2D eigenvalue weighted by Gasteiger charge is 2.30. The van der Waals surface area contributed by atoms with Crippen LogP contribution in [0, 0.1) is 0 Å². The molecule has 0 saturated heterocycles. The number of fused-ring (bicyclic) bond motifs is 6. The minimum Gasteiger partial charge on any atom is -0.437 e. The number of halogens is 7. The SMILES string of the molecule is Clc1ccc(Oc2cnc3cc4ccccc4cc3n2)cc1.Clc1cccc(Nc2nc3cc4ccccc4cc3nc2Cl)c1.FC(F)(F)c1ccc(Nc2nc3cc4ccccc4cc3nc2Cl)cc1. The minimum absolute atomic E-state index is 0.146. The van der Waals surface area contributed by atoms with E-state index in [0.717, 1.165) is 72.2 Å². The quantitative estimate of drug-likeness (QED) is 0.157. The molecule has 0 radical (unpaired) electrons. The molecule has 16 heteroatoms. The van der Waals surface area contributed by atoms with Gasteiger partial charge < -0.3 is 15.4 Å². The lowest BCUT2D eigenvalue weighted by molar-refractivity contribution is -0.137. The fraction of sp³-hybridized carbons (Fsp3) is 0.0182. The van der Waals surface area contributed by atoms with Crippen LogP contribution in [-0.2, 0) is 6.18 Å². The number of nitrogens with one attached hydrogen (secondary N) is 2. The summed E-state index contributed by atoms with van der Waals surface area (Å²) in [5.74, 6) is 1.94. The second-order valence-electron chi connectivity index (χ2n) is 15.9. The fourth-order valence-corrected chi connectivity index (χ4v) is 8.21. The molecule has 0 saturated carbocycles. The maximum atomic E-state index is 12.6. The van der Waals surface area contributed by atoms with Crippen LogP contribution in [0.15, 0.2) is 188 Å². The Kier molecular flexibility index (Phi) is 13.3. The molecule has 0 aliphatic heterocycles. The lowest BCUT2D eigenvalue weighted by Crippen LogP contribution is -2.04. The van der Waals surface area contributed by atoms with Crippen LogP contribution in [0.3, 0.4) is 0 Å². The van der Waals surface area contributed by atoms with E-state index in [9.17, 15) is 13.2 Å². The first kappa shape index (κ1) is 46.8. The molecule has 9 nitrogen and oxygen atoms in total. The van der Waals surface area contributed by atoms with Crippen molar-refractivity contribution in [1.29, 1.82) is 0 Å². The summed E-state index contributed by atoms with van der Waals surface area (Å²) in [7, 11) is 0. The number of aromatic nitrogens is 6. The number of anilines is 4. The number of alkyl halides is 3. The third kappa shape index (κ3) is 11.1. The molecule has 348 valence electrons. The van der Waals surface area contributed by atoms with Crippen molar-refractivity contribution in [3.63, 3.8) is 0 Å². The molecule has 9 aromatic carbocycles. The summed E-state index contributed by atoms with van der Waals surface area (Å²) in [6, 6.07) is 55.1. The molecule has 0 aliphatic rings. The van der Waals surface area contributed by atoms with E-state index in [2.05, 4.69) is 58.7 Å². The van der Waals surface area contributed by atoms with Crippen molar-refractivity contribution in [2.45, 2.75) is 6.18 Å².